The molecule has 1 heterocycles. The van der Waals surface area contributed by atoms with Crippen LogP contribution in [0.2, 0.25) is 0 Å². The standard InChI is InChI=1S/C7H9BrN2O2/c1-3-12-7(11)5-4-9-10(2)6(5)8/h4H,3H2,1-2H3/i2D3. The Morgan fingerprint density at radius 1 is 2.00 bits per heavy atom. The van der Waals surface area contributed by atoms with Crippen LogP contribution in [0.5, 0.6) is 0 Å². The Morgan fingerprint density at radius 2 is 2.75 bits per heavy atom. The Kier molecular flexibility index (Phi) is 1.78. The lowest BCUT2D eigenvalue weighted by atomic mass is 10.4. The van der Waals surface area contributed by atoms with Crippen molar-refractivity contribution in [2.75, 3.05) is 6.61 Å². The lowest BCUT2D eigenvalue weighted by Crippen LogP contribution is -2.04. The van der Waals surface area contributed by atoms with E-state index in [2.05, 4.69) is 21.0 Å². The average molecular weight is 236 g/mol. The van der Waals surface area contributed by atoms with Gasteiger partial charge >= 0.3 is 5.97 Å². The smallest absolute Gasteiger partial charge is 0.342 e. The van der Waals surface area contributed by atoms with Crippen molar-refractivity contribution in [3.8, 4) is 0 Å². The zero-order valence-corrected chi connectivity index (χ0v) is 7.96. The molecule has 0 atom stereocenters. The Morgan fingerprint density at radius 3 is 3.25 bits per heavy atom. The van der Waals surface area contributed by atoms with Crippen molar-refractivity contribution in [2.45, 2.75) is 6.92 Å². The van der Waals surface area contributed by atoms with Crippen LogP contribution in [-0.4, -0.2) is 22.4 Å². The highest BCUT2D eigenvalue weighted by Gasteiger charge is 2.14. The van der Waals surface area contributed by atoms with Crippen LogP contribution in [0.4, 0.5) is 0 Å². The van der Waals surface area contributed by atoms with Crippen molar-refractivity contribution in [3.05, 3.63) is 16.4 Å². The maximum Gasteiger partial charge on any atom is 0.342 e. The predicted molar refractivity (Wildman–Crippen MR) is 46.9 cm³/mol. The van der Waals surface area contributed by atoms with E-state index in [-0.39, 0.29) is 16.8 Å². The highest BCUT2D eigenvalue weighted by Crippen LogP contribution is 2.15. The minimum Gasteiger partial charge on any atom is -0.462 e. The van der Waals surface area contributed by atoms with E-state index < -0.39 is 12.9 Å². The fourth-order valence-corrected chi connectivity index (χ4v) is 1.04. The van der Waals surface area contributed by atoms with Crippen LogP contribution in [-0.2, 0) is 11.7 Å². The van der Waals surface area contributed by atoms with Gasteiger partial charge in [-0.3, -0.25) is 4.68 Å². The van der Waals surface area contributed by atoms with E-state index in [9.17, 15) is 4.79 Å². The third-order valence-corrected chi connectivity index (χ3v) is 1.97. The number of carbonyl (C=O) groups excluding carboxylic acids is 1. The largest absolute Gasteiger partial charge is 0.462 e. The second-order valence-electron chi connectivity index (χ2n) is 1.98. The molecule has 1 rings (SSSR count). The summed E-state index contributed by atoms with van der Waals surface area (Å²) >= 11 is 3.00. The number of halogens is 1. The molecule has 4 nitrogen and oxygen atoms in total. The van der Waals surface area contributed by atoms with E-state index >= 15 is 0 Å². The monoisotopic (exact) mass is 235 g/mol. The minimum atomic E-state index is -2.41. The van der Waals surface area contributed by atoms with E-state index in [0.717, 1.165) is 10.9 Å². The van der Waals surface area contributed by atoms with E-state index in [1.54, 1.807) is 6.92 Å². The van der Waals surface area contributed by atoms with E-state index in [0.29, 0.717) is 0 Å². The first kappa shape index (κ1) is 5.75. The van der Waals surface area contributed by atoms with Gasteiger partial charge in [-0.25, -0.2) is 4.79 Å². The maximum absolute atomic E-state index is 11.3. The molecule has 0 aliphatic carbocycles. The van der Waals surface area contributed by atoms with Gasteiger partial charge in [0.25, 0.3) is 0 Å². The Balaban J connectivity index is 3.04. The van der Waals surface area contributed by atoms with Gasteiger partial charge < -0.3 is 4.74 Å². The molecule has 0 aliphatic rings. The fourth-order valence-electron chi connectivity index (χ4n) is 0.679. The van der Waals surface area contributed by atoms with Crippen LogP contribution in [0, 0.1) is 0 Å². The quantitative estimate of drug-likeness (QED) is 0.728. The van der Waals surface area contributed by atoms with Gasteiger partial charge in [0.05, 0.1) is 12.8 Å². The molecule has 0 fully saturated rings. The number of carbonyl (C=O) groups is 1. The first-order chi connectivity index (χ1) is 6.88. The predicted octanol–water partition coefficient (Wildman–Crippen LogP) is 1.36. The van der Waals surface area contributed by atoms with Crippen LogP contribution in [0.3, 0.4) is 0 Å². The van der Waals surface area contributed by atoms with Gasteiger partial charge in [-0.15, -0.1) is 0 Å². The zero-order valence-electron chi connectivity index (χ0n) is 9.37. The second-order valence-corrected chi connectivity index (χ2v) is 2.73. The summed E-state index contributed by atoms with van der Waals surface area (Å²) in [4.78, 5) is 11.3. The Labute approximate surface area is 82.9 Å². The molecule has 0 N–H and O–H groups in total. The first-order valence-corrected chi connectivity index (χ1v) is 4.08. The molecular formula is C7H9BrN2O2. The minimum absolute atomic E-state index is 0.0981. The zero-order chi connectivity index (χ0) is 11.6. The molecule has 66 valence electrons. The van der Waals surface area contributed by atoms with Crippen LogP contribution >= 0.6 is 15.9 Å². The third kappa shape index (κ3) is 1.66. The van der Waals surface area contributed by atoms with Crippen molar-refractivity contribution in [3.63, 3.8) is 0 Å². The molecule has 0 saturated heterocycles. The number of hydrogen-bond acceptors (Lipinski definition) is 3. The normalized spacial score (nSPS) is 14.7. The fraction of sp³-hybridized carbons (Fsp3) is 0.429. The summed E-state index contributed by atoms with van der Waals surface area (Å²) in [5.74, 6) is -0.597. The molecule has 0 bridgehead atoms. The molecule has 0 aromatic carbocycles. The molecule has 0 aliphatic heterocycles. The van der Waals surface area contributed by atoms with Crippen molar-refractivity contribution in [1.82, 2.24) is 9.78 Å². The molecule has 12 heavy (non-hydrogen) atoms. The van der Waals surface area contributed by atoms with E-state index in [1.165, 1.54) is 0 Å². The highest BCUT2D eigenvalue weighted by molar-refractivity contribution is 9.10. The van der Waals surface area contributed by atoms with Crippen LogP contribution in [0.15, 0.2) is 10.8 Å². The summed E-state index contributed by atoms with van der Waals surface area (Å²) in [6.45, 7) is -0.520. The van der Waals surface area contributed by atoms with Crippen LogP contribution < -0.4 is 0 Å². The van der Waals surface area contributed by atoms with E-state index in [1.807, 2.05) is 0 Å². The lowest BCUT2D eigenvalue weighted by Gasteiger charge is -1.98. The summed E-state index contributed by atoms with van der Waals surface area (Å²) in [6.07, 6.45) is 1.16. The van der Waals surface area contributed by atoms with Gasteiger partial charge in [-0.2, -0.15) is 5.10 Å². The van der Waals surface area contributed by atoms with Gasteiger partial charge in [0.1, 0.15) is 10.2 Å². The molecule has 0 unspecified atom stereocenters. The molecule has 0 radical (unpaired) electrons. The summed E-state index contributed by atoms with van der Waals surface area (Å²) in [5, 5.41) is 3.60. The maximum atomic E-state index is 11.3. The summed E-state index contributed by atoms with van der Waals surface area (Å²) in [7, 11) is 0. The molecular weight excluding hydrogens is 224 g/mol. The number of aryl methyl sites for hydroxylation is 1. The molecule has 5 heteroatoms. The van der Waals surface area contributed by atoms with Gasteiger partial charge in [0, 0.05) is 11.1 Å². The average Bonchev–Trinajstić information content (AvgIpc) is 2.46. The number of ether oxygens (including phenoxy) is 1. The van der Waals surface area contributed by atoms with Gasteiger partial charge in [-0.1, -0.05) is 0 Å². The first-order valence-electron chi connectivity index (χ1n) is 4.79. The van der Waals surface area contributed by atoms with Crippen molar-refractivity contribution in [1.29, 1.82) is 0 Å². The molecule has 0 spiro atoms. The van der Waals surface area contributed by atoms with Gasteiger partial charge in [-0.05, 0) is 22.9 Å². The Hall–Kier alpha value is -0.840. The van der Waals surface area contributed by atoms with Gasteiger partial charge in [0.15, 0.2) is 0 Å². The highest BCUT2D eigenvalue weighted by atomic mass is 79.9. The molecule has 0 saturated carbocycles. The van der Waals surface area contributed by atoms with E-state index in [4.69, 9.17) is 8.85 Å². The topological polar surface area (TPSA) is 44.1 Å². The summed E-state index contributed by atoms with van der Waals surface area (Å²) < 4.78 is 26.9. The SMILES string of the molecule is [2H]C([2H])([2H])n1ncc(C(=O)OCC)c1Br. The van der Waals surface area contributed by atoms with Crippen molar-refractivity contribution < 1.29 is 13.6 Å². The lowest BCUT2D eigenvalue weighted by molar-refractivity contribution is 0.0525. The molecule has 0 amide bonds. The van der Waals surface area contributed by atoms with Crippen LogP contribution in [0.1, 0.15) is 21.4 Å². The van der Waals surface area contributed by atoms with Crippen molar-refractivity contribution >= 4 is 21.9 Å². The van der Waals surface area contributed by atoms with Crippen molar-refractivity contribution in [2.24, 2.45) is 6.98 Å². The second kappa shape index (κ2) is 3.71. The number of nitrogens with zero attached hydrogens (tertiary/aromatic N) is 2. The number of esters is 1. The number of rotatable bonds is 2. The number of hydrogen-bond donors (Lipinski definition) is 0. The summed E-state index contributed by atoms with van der Waals surface area (Å²) in [6, 6.07) is 0. The molecule has 1 aromatic rings. The summed E-state index contributed by atoms with van der Waals surface area (Å²) in [5.41, 5.74) is 0.105. The third-order valence-electron chi connectivity index (χ3n) is 1.21. The van der Waals surface area contributed by atoms with Crippen LogP contribution in [0.25, 0.3) is 0 Å². The Bertz CT molecular complexity index is 375. The molecule has 1 aromatic heterocycles. The van der Waals surface area contributed by atoms with Gasteiger partial charge in [0.2, 0.25) is 0 Å². The number of aromatic nitrogens is 2.